The maximum Gasteiger partial charge on any atom is 0.338 e. The lowest BCUT2D eigenvalue weighted by Gasteiger charge is -2.34. The Bertz CT molecular complexity index is 1710. The van der Waals surface area contributed by atoms with Gasteiger partial charge in [-0.15, -0.1) is 0 Å². The molecule has 1 heterocycles. The third kappa shape index (κ3) is 7.08. The van der Waals surface area contributed by atoms with Crippen molar-refractivity contribution in [2.24, 2.45) is 0 Å². The van der Waals surface area contributed by atoms with E-state index in [1.165, 1.54) is 7.11 Å². The van der Waals surface area contributed by atoms with Crippen LogP contribution >= 0.6 is 23.2 Å². The van der Waals surface area contributed by atoms with Crippen LogP contribution in [0.15, 0.2) is 78.9 Å². The van der Waals surface area contributed by atoms with Crippen LogP contribution in [0, 0.1) is 11.3 Å². The topological polar surface area (TPSA) is 73.6 Å². The molecule has 0 aliphatic carbocycles. The van der Waals surface area contributed by atoms with E-state index in [-0.39, 0.29) is 17.8 Å². The lowest BCUT2D eigenvalue weighted by Crippen LogP contribution is -2.36. The van der Waals surface area contributed by atoms with Crippen LogP contribution in [0.4, 0.5) is 0 Å². The van der Waals surface area contributed by atoms with Crippen molar-refractivity contribution in [2.45, 2.75) is 31.1 Å². The Morgan fingerprint density at radius 1 is 0.977 bits per heavy atom. The fourth-order valence-corrected chi connectivity index (χ4v) is 6.56. The summed E-state index contributed by atoms with van der Waals surface area (Å²) in [6.07, 6.45) is 2.72. The number of ether oxygens (including phenoxy) is 1. The van der Waals surface area contributed by atoms with Crippen LogP contribution in [0.25, 0.3) is 10.8 Å². The molecule has 226 valence electrons. The number of hydrogen-bond donors (Lipinski definition) is 0. The molecule has 0 spiro atoms. The van der Waals surface area contributed by atoms with Gasteiger partial charge in [-0.1, -0.05) is 71.7 Å². The predicted molar refractivity (Wildman–Crippen MR) is 176 cm³/mol. The van der Waals surface area contributed by atoms with Gasteiger partial charge in [-0.2, -0.15) is 5.26 Å². The van der Waals surface area contributed by atoms with E-state index in [0.29, 0.717) is 39.2 Å². The van der Waals surface area contributed by atoms with E-state index in [0.717, 1.165) is 60.8 Å². The van der Waals surface area contributed by atoms with E-state index in [9.17, 15) is 14.9 Å². The Balaban J connectivity index is 1.30. The first-order valence-electron chi connectivity index (χ1n) is 14.8. The average molecular weight is 629 g/mol. The minimum Gasteiger partial charge on any atom is -0.465 e. The van der Waals surface area contributed by atoms with Crippen LogP contribution in [0.1, 0.15) is 68.5 Å². The van der Waals surface area contributed by atoms with Crippen LogP contribution < -0.4 is 0 Å². The molecule has 1 fully saturated rings. The third-order valence-electron chi connectivity index (χ3n) is 8.66. The number of methoxy groups -OCH3 is 1. The molecule has 4 aromatic carbocycles. The number of fused-ring (bicyclic) bond motifs is 1. The molecule has 0 radical (unpaired) electrons. The van der Waals surface area contributed by atoms with Gasteiger partial charge in [0, 0.05) is 25.1 Å². The van der Waals surface area contributed by atoms with Gasteiger partial charge in [-0.05, 0) is 97.0 Å². The van der Waals surface area contributed by atoms with Crippen molar-refractivity contribution >= 4 is 45.9 Å². The lowest BCUT2D eigenvalue weighted by atomic mass is 9.86. The molecule has 0 bridgehead atoms. The van der Waals surface area contributed by atoms with Crippen molar-refractivity contribution in [2.75, 3.05) is 40.3 Å². The molecule has 4 aromatic rings. The lowest BCUT2D eigenvalue weighted by molar-refractivity contribution is 0.0598. The van der Waals surface area contributed by atoms with Crippen molar-refractivity contribution in [3.63, 3.8) is 0 Å². The quantitative estimate of drug-likeness (QED) is 0.176. The molecule has 6 nitrogen and oxygen atoms in total. The first kappa shape index (κ1) is 31.5. The van der Waals surface area contributed by atoms with Gasteiger partial charge in [0.25, 0.3) is 5.91 Å². The number of amides is 1. The number of carbonyl (C=O) groups excluding carboxylic acids is 2. The summed E-state index contributed by atoms with van der Waals surface area (Å²) >= 11 is 12.7. The van der Waals surface area contributed by atoms with Crippen LogP contribution in [-0.2, 0) is 4.74 Å². The predicted octanol–water partition coefficient (Wildman–Crippen LogP) is 7.93. The molecule has 0 aromatic heterocycles. The van der Waals surface area contributed by atoms with Crippen molar-refractivity contribution in [1.29, 1.82) is 5.26 Å². The van der Waals surface area contributed by atoms with Gasteiger partial charge in [0.05, 0.1) is 34.4 Å². The number of nitriles is 1. The Kier molecular flexibility index (Phi) is 10.2. The summed E-state index contributed by atoms with van der Waals surface area (Å²) in [5.41, 5.74) is 3.70. The second kappa shape index (κ2) is 14.3. The van der Waals surface area contributed by atoms with Gasteiger partial charge in [0.1, 0.15) is 0 Å². The van der Waals surface area contributed by atoms with E-state index in [1.54, 1.807) is 11.0 Å². The standard InChI is InChI=1S/C36H35Cl2N3O3/c1-40(35(42)32-20-24(22-39)19-27-7-3-4-9-30(27)32)23-28(26-11-12-33(37)34(38)21-26)15-18-41-16-13-25(14-17-41)29-8-5-6-10-31(29)36(43)44-2/h3-12,19-21,25,28H,13-18,23H2,1-2H3/t28-/m1/s1. The number of piperidine rings is 1. The molecule has 0 unspecified atom stereocenters. The molecule has 44 heavy (non-hydrogen) atoms. The van der Waals surface area contributed by atoms with Crippen molar-refractivity contribution in [3.8, 4) is 6.07 Å². The summed E-state index contributed by atoms with van der Waals surface area (Å²) in [6, 6.07) is 26.7. The molecule has 1 atom stereocenters. The smallest absolute Gasteiger partial charge is 0.338 e. The maximum absolute atomic E-state index is 13.8. The number of nitrogens with zero attached hydrogens (tertiary/aromatic N) is 3. The number of likely N-dealkylation sites (N-methyl/N-ethyl adjacent to an activating group) is 1. The van der Waals surface area contributed by atoms with E-state index in [2.05, 4.69) is 11.0 Å². The molecule has 1 aliphatic rings. The summed E-state index contributed by atoms with van der Waals surface area (Å²) in [7, 11) is 3.23. The molecule has 1 saturated heterocycles. The summed E-state index contributed by atoms with van der Waals surface area (Å²) in [5, 5.41) is 12.3. The Morgan fingerprint density at radius 3 is 2.43 bits per heavy atom. The van der Waals surface area contributed by atoms with Gasteiger partial charge < -0.3 is 14.5 Å². The van der Waals surface area contributed by atoms with E-state index < -0.39 is 0 Å². The first-order chi connectivity index (χ1) is 21.3. The Hall–Kier alpha value is -3.89. The van der Waals surface area contributed by atoms with Crippen LogP contribution in [0.3, 0.4) is 0 Å². The SMILES string of the molecule is COC(=O)c1ccccc1C1CCN(CC[C@H](CN(C)C(=O)c2cc(C#N)cc3ccccc23)c2ccc(Cl)c(Cl)c2)CC1. The third-order valence-corrected chi connectivity index (χ3v) is 9.40. The van der Waals surface area contributed by atoms with Crippen molar-refractivity contribution < 1.29 is 14.3 Å². The second-order valence-corrected chi connectivity index (χ2v) is 12.2. The summed E-state index contributed by atoms with van der Waals surface area (Å²) in [5.74, 6) is -0.107. The van der Waals surface area contributed by atoms with Gasteiger partial charge in [0.15, 0.2) is 0 Å². The number of halogens is 2. The minimum absolute atomic E-state index is 0.0157. The molecule has 1 amide bonds. The highest BCUT2D eigenvalue weighted by atomic mass is 35.5. The zero-order valence-corrected chi connectivity index (χ0v) is 26.4. The zero-order chi connectivity index (χ0) is 31.2. The molecular weight excluding hydrogens is 593 g/mol. The fraction of sp³-hybridized carbons (Fsp3) is 0.306. The molecular formula is C36H35Cl2N3O3. The Morgan fingerprint density at radius 2 is 1.70 bits per heavy atom. The van der Waals surface area contributed by atoms with Crippen molar-refractivity contribution in [1.82, 2.24) is 9.80 Å². The molecule has 8 heteroatoms. The fourth-order valence-electron chi connectivity index (χ4n) is 6.26. The highest BCUT2D eigenvalue weighted by molar-refractivity contribution is 6.42. The molecule has 0 saturated carbocycles. The van der Waals surface area contributed by atoms with Crippen LogP contribution in [0.2, 0.25) is 10.0 Å². The number of esters is 1. The number of benzene rings is 4. The first-order valence-corrected chi connectivity index (χ1v) is 15.6. The normalized spacial score (nSPS) is 14.6. The summed E-state index contributed by atoms with van der Waals surface area (Å²) in [6.45, 7) is 3.15. The van der Waals surface area contributed by atoms with E-state index >= 15 is 0 Å². The van der Waals surface area contributed by atoms with Crippen molar-refractivity contribution in [3.05, 3.63) is 117 Å². The Labute approximate surface area is 268 Å². The minimum atomic E-state index is -0.293. The second-order valence-electron chi connectivity index (χ2n) is 11.4. The largest absolute Gasteiger partial charge is 0.465 e. The number of likely N-dealkylation sites (tertiary alicyclic amines) is 1. The van der Waals surface area contributed by atoms with Gasteiger partial charge >= 0.3 is 5.97 Å². The number of carbonyl (C=O) groups is 2. The number of hydrogen-bond acceptors (Lipinski definition) is 5. The van der Waals surface area contributed by atoms with Gasteiger partial charge in [-0.3, -0.25) is 4.79 Å². The van der Waals surface area contributed by atoms with Crippen LogP contribution in [0.5, 0.6) is 0 Å². The highest BCUT2D eigenvalue weighted by Gasteiger charge is 2.26. The monoisotopic (exact) mass is 627 g/mol. The maximum atomic E-state index is 13.8. The summed E-state index contributed by atoms with van der Waals surface area (Å²) < 4.78 is 5.01. The average Bonchev–Trinajstić information content (AvgIpc) is 3.06. The molecule has 1 aliphatic heterocycles. The van der Waals surface area contributed by atoms with Gasteiger partial charge in [-0.25, -0.2) is 4.79 Å². The summed E-state index contributed by atoms with van der Waals surface area (Å²) in [4.78, 5) is 30.3. The number of rotatable bonds is 9. The molecule has 0 N–H and O–H groups in total. The highest BCUT2D eigenvalue weighted by Crippen LogP contribution is 2.33. The van der Waals surface area contributed by atoms with E-state index in [1.807, 2.05) is 79.8 Å². The van der Waals surface area contributed by atoms with E-state index in [4.69, 9.17) is 27.9 Å². The van der Waals surface area contributed by atoms with Crippen LogP contribution in [-0.4, -0.2) is 62.0 Å². The van der Waals surface area contributed by atoms with Gasteiger partial charge in [0.2, 0.25) is 0 Å². The molecule has 5 rings (SSSR count). The zero-order valence-electron chi connectivity index (χ0n) is 24.9.